The van der Waals surface area contributed by atoms with Crippen molar-refractivity contribution in [1.82, 2.24) is 9.55 Å². The summed E-state index contributed by atoms with van der Waals surface area (Å²) in [4.78, 5) is 52.2. The third kappa shape index (κ3) is 8.95. The normalized spacial score (nSPS) is 22.9. The first-order valence-electron chi connectivity index (χ1n) is 16.0. The standard InChI is InChI=1S/C31H60N2O9Si3/c1-16-39-27(36)23(34)21-18-33(28(37)32-25(21)35)26-20(17-31(8,9)43(10,11)38)24(42-45(14,15)30(5,6)7)22(41-26)19-40-44(12,13)29(2,3)4/h18,20,22-24,26,34,38H,16-17,19H2,1-15H3,(H,32,35,37)/t20-,22+,23?,24?,26+/m0/s1. The second-order valence-electron chi connectivity index (χ2n) is 16.7. The quantitative estimate of drug-likeness (QED) is 0.193. The molecule has 1 aliphatic heterocycles. The van der Waals surface area contributed by atoms with E-state index in [1.165, 1.54) is 10.8 Å². The molecule has 0 radical (unpaired) electrons. The number of hydrogen-bond acceptors (Lipinski definition) is 9. The molecule has 3 N–H and O–H groups in total. The number of aromatic nitrogens is 2. The Morgan fingerprint density at radius 3 is 2.00 bits per heavy atom. The number of ether oxygens (including phenoxy) is 2. The van der Waals surface area contributed by atoms with Gasteiger partial charge in [0.1, 0.15) is 12.3 Å². The number of carbonyl (C=O) groups is 1. The lowest BCUT2D eigenvalue weighted by atomic mass is 9.89. The molecule has 2 unspecified atom stereocenters. The van der Waals surface area contributed by atoms with E-state index in [2.05, 4.69) is 72.7 Å². The molecule has 0 bridgehead atoms. The van der Waals surface area contributed by atoms with Gasteiger partial charge in [-0.3, -0.25) is 14.3 Å². The maximum Gasteiger partial charge on any atom is 0.339 e. The number of aromatic amines is 1. The Morgan fingerprint density at radius 1 is 1.00 bits per heavy atom. The summed E-state index contributed by atoms with van der Waals surface area (Å²) in [5.41, 5.74) is -1.96. The molecule has 260 valence electrons. The van der Waals surface area contributed by atoms with Crippen molar-refractivity contribution in [2.45, 2.75) is 148 Å². The maximum atomic E-state index is 13.4. The van der Waals surface area contributed by atoms with Gasteiger partial charge in [-0.2, -0.15) is 0 Å². The average Bonchev–Trinajstić information content (AvgIpc) is 3.16. The molecule has 1 aromatic rings. The first-order valence-corrected chi connectivity index (χ1v) is 24.7. The third-order valence-corrected chi connectivity index (χ3v) is 23.1. The Balaban J connectivity index is 2.81. The molecule has 2 heterocycles. The summed E-state index contributed by atoms with van der Waals surface area (Å²) < 4.78 is 26.7. The fraction of sp³-hybridized carbons (Fsp3) is 0.839. The van der Waals surface area contributed by atoms with Crippen molar-refractivity contribution in [3.8, 4) is 0 Å². The van der Waals surface area contributed by atoms with E-state index < -0.39 is 77.7 Å². The first-order chi connectivity index (χ1) is 20.1. The lowest BCUT2D eigenvalue weighted by molar-refractivity contribution is -0.153. The zero-order chi connectivity index (χ0) is 35.1. The summed E-state index contributed by atoms with van der Waals surface area (Å²) in [6.45, 7) is 31.3. The monoisotopic (exact) mass is 688 g/mol. The highest BCUT2D eigenvalue weighted by molar-refractivity contribution is 6.74. The lowest BCUT2D eigenvalue weighted by Crippen LogP contribution is -2.51. The summed E-state index contributed by atoms with van der Waals surface area (Å²) in [5.74, 6) is -1.44. The van der Waals surface area contributed by atoms with Crippen molar-refractivity contribution in [2.24, 2.45) is 5.92 Å². The van der Waals surface area contributed by atoms with Crippen LogP contribution >= 0.6 is 0 Å². The zero-order valence-electron chi connectivity index (χ0n) is 30.3. The molecule has 0 spiro atoms. The fourth-order valence-corrected chi connectivity index (χ4v) is 7.79. The van der Waals surface area contributed by atoms with Crippen LogP contribution in [0.2, 0.25) is 54.4 Å². The summed E-state index contributed by atoms with van der Waals surface area (Å²) in [7, 11) is -7.38. The number of hydrogen-bond donors (Lipinski definition) is 3. The van der Waals surface area contributed by atoms with Crippen LogP contribution in [-0.4, -0.2) is 75.8 Å². The number of H-pyrrole nitrogens is 1. The van der Waals surface area contributed by atoms with Crippen LogP contribution in [0.25, 0.3) is 0 Å². The van der Waals surface area contributed by atoms with Gasteiger partial charge in [-0.1, -0.05) is 55.4 Å². The molecule has 1 saturated heterocycles. The Kier molecular flexibility index (Phi) is 12.0. The van der Waals surface area contributed by atoms with Gasteiger partial charge in [0.15, 0.2) is 31.1 Å². The van der Waals surface area contributed by atoms with Crippen LogP contribution in [-0.2, 0) is 23.1 Å². The van der Waals surface area contributed by atoms with Crippen molar-refractivity contribution in [3.63, 3.8) is 0 Å². The van der Waals surface area contributed by atoms with Gasteiger partial charge in [-0.05, 0) is 67.7 Å². The summed E-state index contributed by atoms with van der Waals surface area (Å²) in [6, 6.07) is 0. The molecular formula is C31H60N2O9Si3. The van der Waals surface area contributed by atoms with Crippen LogP contribution in [0.1, 0.15) is 86.6 Å². The van der Waals surface area contributed by atoms with E-state index in [9.17, 15) is 24.3 Å². The van der Waals surface area contributed by atoms with E-state index in [1.807, 2.05) is 26.9 Å². The molecule has 5 atom stereocenters. The smallest absolute Gasteiger partial charge is 0.339 e. The largest absolute Gasteiger partial charge is 0.464 e. The van der Waals surface area contributed by atoms with Gasteiger partial charge in [-0.25, -0.2) is 9.59 Å². The summed E-state index contributed by atoms with van der Waals surface area (Å²) >= 11 is 0. The van der Waals surface area contributed by atoms with Gasteiger partial charge < -0.3 is 28.2 Å². The number of carbonyl (C=O) groups excluding carboxylic acids is 1. The summed E-state index contributed by atoms with van der Waals surface area (Å²) in [6.07, 6.45) is -2.27. The SMILES string of the molecule is CCOC(=O)C(O)c1cn([C@@H]2O[C@H](CO[Si](C)(C)C(C)(C)C)C(O[Si](C)(C)C(C)(C)C)[C@@H]2CC(C)(C)[Si](C)(C)O)c(=O)[nH]c1=O. The predicted molar refractivity (Wildman–Crippen MR) is 184 cm³/mol. The van der Waals surface area contributed by atoms with Crippen LogP contribution in [0.5, 0.6) is 0 Å². The number of nitrogens with one attached hydrogen (secondary N) is 1. The molecule has 1 fully saturated rings. The number of nitrogens with zero attached hydrogens (tertiary/aromatic N) is 1. The molecular weight excluding hydrogens is 629 g/mol. The Labute approximate surface area is 272 Å². The van der Waals surface area contributed by atoms with E-state index >= 15 is 0 Å². The maximum absolute atomic E-state index is 13.4. The molecule has 2 rings (SSSR count). The predicted octanol–water partition coefficient (Wildman–Crippen LogP) is 5.43. The van der Waals surface area contributed by atoms with E-state index in [4.69, 9.17) is 18.3 Å². The number of aliphatic hydroxyl groups excluding tert-OH is 1. The van der Waals surface area contributed by atoms with E-state index in [-0.39, 0.29) is 28.9 Å². The van der Waals surface area contributed by atoms with Gasteiger partial charge in [0.25, 0.3) is 5.56 Å². The minimum atomic E-state index is -2.75. The molecule has 0 aliphatic carbocycles. The van der Waals surface area contributed by atoms with Crippen molar-refractivity contribution >= 4 is 30.9 Å². The van der Waals surface area contributed by atoms with Gasteiger partial charge in [-0.15, -0.1) is 0 Å². The molecule has 1 aromatic heterocycles. The number of aliphatic hydroxyl groups is 1. The molecule has 0 aromatic carbocycles. The van der Waals surface area contributed by atoms with Crippen LogP contribution in [0, 0.1) is 5.92 Å². The van der Waals surface area contributed by atoms with Crippen molar-refractivity contribution in [2.75, 3.05) is 13.2 Å². The molecule has 0 saturated carbocycles. The fourth-order valence-electron chi connectivity index (χ4n) is 4.68. The molecule has 11 nitrogen and oxygen atoms in total. The van der Waals surface area contributed by atoms with E-state index in [1.54, 1.807) is 6.92 Å². The van der Waals surface area contributed by atoms with Gasteiger partial charge in [0.05, 0.1) is 24.9 Å². The Morgan fingerprint density at radius 2 is 1.53 bits per heavy atom. The average molecular weight is 689 g/mol. The van der Waals surface area contributed by atoms with Crippen LogP contribution < -0.4 is 11.2 Å². The minimum Gasteiger partial charge on any atom is -0.464 e. The summed E-state index contributed by atoms with van der Waals surface area (Å²) in [5, 5.41) is 9.99. The first kappa shape index (κ1) is 39.8. The van der Waals surface area contributed by atoms with Crippen LogP contribution in [0.15, 0.2) is 15.8 Å². The van der Waals surface area contributed by atoms with Crippen molar-refractivity contribution in [3.05, 3.63) is 32.6 Å². The topological polar surface area (TPSA) is 149 Å². The minimum absolute atomic E-state index is 0.0134. The molecule has 45 heavy (non-hydrogen) atoms. The van der Waals surface area contributed by atoms with Crippen molar-refractivity contribution in [1.29, 1.82) is 0 Å². The highest BCUT2D eigenvalue weighted by Crippen LogP contribution is 2.51. The third-order valence-electron chi connectivity index (χ3n) is 10.6. The Bertz CT molecular complexity index is 1300. The van der Waals surface area contributed by atoms with E-state index in [0.717, 1.165) is 0 Å². The second kappa shape index (κ2) is 13.6. The Hall–Kier alpha value is -1.40. The van der Waals surface area contributed by atoms with Crippen LogP contribution in [0.3, 0.4) is 0 Å². The second-order valence-corrected chi connectivity index (χ2v) is 30.7. The molecule has 0 amide bonds. The zero-order valence-corrected chi connectivity index (χ0v) is 33.3. The van der Waals surface area contributed by atoms with Gasteiger partial charge >= 0.3 is 11.7 Å². The molecule has 14 heteroatoms. The number of esters is 1. The molecule has 1 aliphatic rings. The van der Waals surface area contributed by atoms with Gasteiger partial charge in [0.2, 0.25) is 0 Å². The lowest BCUT2D eigenvalue weighted by Gasteiger charge is -2.44. The highest BCUT2D eigenvalue weighted by Gasteiger charge is 2.54. The van der Waals surface area contributed by atoms with Crippen LogP contribution in [0.4, 0.5) is 0 Å². The van der Waals surface area contributed by atoms with Gasteiger partial charge in [0, 0.05) is 12.1 Å². The van der Waals surface area contributed by atoms with E-state index in [0.29, 0.717) is 6.42 Å². The van der Waals surface area contributed by atoms with Crippen molar-refractivity contribution < 1.29 is 33.0 Å². The highest BCUT2D eigenvalue weighted by atomic mass is 28.4. The number of rotatable bonds is 12.